The molecule has 0 aliphatic carbocycles. The Balaban J connectivity index is 0. The zero-order valence-electron chi connectivity index (χ0n) is 16.6. The predicted molar refractivity (Wildman–Crippen MR) is 113 cm³/mol. The standard InChI is InChI=1S/C9H13ClN2O.C5H4Cl2N2.C4H9O.Na/c1-2-3-4-13-9-6-7(10)5-8(11)12-9;6-3-1-4(7)9-5(8)2-3;1-2-3-4-5;/h5-6H,2-4H2,1H3,(H2,11,12);1-2H,(H2,8,9);2-4H2,1H3;/q;;-1;+1. The molecule has 2 aromatic heterocycles. The van der Waals surface area contributed by atoms with Gasteiger partial charge in [-0.2, -0.15) is 4.98 Å². The van der Waals surface area contributed by atoms with E-state index in [2.05, 4.69) is 16.9 Å². The first-order valence-corrected chi connectivity index (χ1v) is 9.68. The minimum Gasteiger partial charge on any atom is -0.854 e. The molecule has 2 heterocycles. The molecule has 0 radical (unpaired) electrons. The number of halogens is 3. The number of pyridine rings is 2. The normalized spacial score (nSPS) is 9.21. The molecule has 0 fully saturated rings. The number of nitrogens with zero attached hydrogens (tertiary/aromatic N) is 2. The topological polar surface area (TPSA) is 110 Å². The summed E-state index contributed by atoms with van der Waals surface area (Å²) in [7, 11) is 0. The molecule has 2 aromatic rings. The zero-order chi connectivity index (χ0) is 20.7. The maximum atomic E-state index is 9.53. The van der Waals surface area contributed by atoms with Gasteiger partial charge in [-0.1, -0.05) is 67.9 Å². The van der Waals surface area contributed by atoms with Gasteiger partial charge in [-0.3, -0.25) is 0 Å². The van der Waals surface area contributed by atoms with E-state index in [-0.39, 0.29) is 36.2 Å². The molecule has 6 nitrogen and oxygen atoms in total. The number of hydrogen-bond donors (Lipinski definition) is 2. The SMILES string of the molecule is CCCCOc1cc(Cl)cc(N)n1.CCCC[O-].Nc1cc(Cl)cc(Cl)n1.[Na+]. The molecule has 0 aliphatic rings. The number of ether oxygens (including phenoxy) is 1. The molecule has 10 heteroatoms. The van der Waals surface area contributed by atoms with Crippen molar-refractivity contribution in [2.45, 2.75) is 39.5 Å². The van der Waals surface area contributed by atoms with E-state index in [9.17, 15) is 5.11 Å². The van der Waals surface area contributed by atoms with Crippen molar-refractivity contribution < 1.29 is 39.4 Å². The number of unbranched alkanes of at least 4 members (excludes halogenated alkanes) is 2. The summed E-state index contributed by atoms with van der Waals surface area (Å²) in [6.45, 7) is 4.86. The maximum Gasteiger partial charge on any atom is 1.00 e. The van der Waals surface area contributed by atoms with Gasteiger partial charge in [0.1, 0.15) is 16.8 Å². The molecule has 0 spiro atoms. The molecule has 152 valence electrons. The second kappa shape index (κ2) is 18.6. The van der Waals surface area contributed by atoms with Crippen LogP contribution in [0.2, 0.25) is 15.2 Å². The van der Waals surface area contributed by atoms with Crippen LogP contribution in [0.25, 0.3) is 0 Å². The summed E-state index contributed by atoms with van der Waals surface area (Å²) in [5.74, 6) is 1.23. The van der Waals surface area contributed by atoms with Crippen molar-refractivity contribution in [1.29, 1.82) is 0 Å². The molecule has 0 atom stereocenters. The Labute approximate surface area is 204 Å². The first-order valence-electron chi connectivity index (χ1n) is 8.54. The van der Waals surface area contributed by atoms with Crippen LogP contribution in [0.5, 0.6) is 5.88 Å². The van der Waals surface area contributed by atoms with Gasteiger partial charge in [0.05, 0.1) is 6.61 Å². The van der Waals surface area contributed by atoms with Gasteiger partial charge in [0, 0.05) is 16.1 Å². The molecule has 0 aliphatic heterocycles. The molecule has 2 rings (SSSR count). The third-order valence-electron chi connectivity index (χ3n) is 2.81. The van der Waals surface area contributed by atoms with Crippen LogP contribution >= 0.6 is 34.8 Å². The fraction of sp³-hybridized carbons (Fsp3) is 0.444. The Kier molecular flexibility index (Phi) is 19.7. The monoisotopic (exact) mass is 458 g/mol. The Bertz CT molecular complexity index is 594. The number of nitrogen functional groups attached to an aromatic ring is 2. The first-order chi connectivity index (χ1) is 12.8. The van der Waals surface area contributed by atoms with Gasteiger partial charge in [-0.25, -0.2) is 4.98 Å². The summed E-state index contributed by atoms with van der Waals surface area (Å²) in [6, 6.07) is 6.31. The van der Waals surface area contributed by atoms with Gasteiger partial charge < -0.3 is 21.3 Å². The molecule has 0 saturated carbocycles. The predicted octanol–water partition coefficient (Wildman–Crippen LogP) is 1.62. The molecule has 0 saturated heterocycles. The first kappa shape index (κ1) is 29.7. The van der Waals surface area contributed by atoms with E-state index >= 15 is 0 Å². The molecule has 0 unspecified atom stereocenters. The van der Waals surface area contributed by atoms with Gasteiger partial charge in [-0.15, -0.1) is 6.61 Å². The summed E-state index contributed by atoms with van der Waals surface area (Å²) in [5.41, 5.74) is 10.8. The van der Waals surface area contributed by atoms with Crippen LogP contribution in [0.3, 0.4) is 0 Å². The van der Waals surface area contributed by atoms with Crippen LogP contribution in [0.4, 0.5) is 11.6 Å². The van der Waals surface area contributed by atoms with E-state index in [1.165, 1.54) is 12.1 Å². The van der Waals surface area contributed by atoms with Crippen LogP contribution in [0, 0.1) is 0 Å². The average molecular weight is 460 g/mol. The van der Waals surface area contributed by atoms with Gasteiger partial charge in [0.25, 0.3) is 0 Å². The van der Waals surface area contributed by atoms with Crippen molar-refractivity contribution in [2.75, 3.05) is 24.7 Å². The minimum absolute atomic E-state index is 0. The second-order valence-electron chi connectivity index (χ2n) is 5.34. The number of rotatable bonds is 6. The van der Waals surface area contributed by atoms with Crippen molar-refractivity contribution in [3.05, 3.63) is 39.5 Å². The van der Waals surface area contributed by atoms with Crippen molar-refractivity contribution in [3.63, 3.8) is 0 Å². The van der Waals surface area contributed by atoms with Crippen LogP contribution in [-0.2, 0) is 0 Å². The van der Waals surface area contributed by atoms with Gasteiger partial charge in [0.15, 0.2) is 0 Å². The Morgan fingerprint density at radius 1 is 0.893 bits per heavy atom. The molecule has 0 aromatic carbocycles. The molecule has 4 N–H and O–H groups in total. The third kappa shape index (κ3) is 16.5. The molecular formula is C18H26Cl3N4NaO2. The summed E-state index contributed by atoms with van der Waals surface area (Å²) in [6.07, 6.45) is 3.97. The summed E-state index contributed by atoms with van der Waals surface area (Å²) >= 11 is 16.8. The quantitative estimate of drug-likeness (QED) is 0.386. The third-order valence-corrected chi connectivity index (χ3v) is 3.44. The van der Waals surface area contributed by atoms with Crippen molar-refractivity contribution in [3.8, 4) is 5.88 Å². The summed E-state index contributed by atoms with van der Waals surface area (Å²) in [5, 5.41) is 10.9. The van der Waals surface area contributed by atoms with Gasteiger partial charge in [0.2, 0.25) is 5.88 Å². The van der Waals surface area contributed by atoms with E-state index in [0.717, 1.165) is 25.7 Å². The number of hydrogen-bond acceptors (Lipinski definition) is 6. The molecule has 0 bridgehead atoms. The van der Waals surface area contributed by atoms with E-state index in [1.54, 1.807) is 12.1 Å². The smallest absolute Gasteiger partial charge is 0.854 e. The Morgan fingerprint density at radius 3 is 1.82 bits per heavy atom. The number of aromatic nitrogens is 2. The minimum atomic E-state index is 0. The van der Waals surface area contributed by atoms with Crippen molar-refractivity contribution in [1.82, 2.24) is 9.97 Å². The van der Waals surface area contributed by atoms with Crippen LogP contribution in [0.15, 0.2) is 24.3 Å². The average Bonchev–Trinajstić information content (AvgIpc) is 2.55. The van der Waals surface area contributed by atoms with Gasteiger partial charge in [-0.05, 0) is 24.6 Å². The Hall–Kier alpha value is -0.470. The number of anilines is 2. The summed E-state index contributed by atoms with van der Waals surface area (Å²) < 4.78 is 5.33. The maximum absolute atomic E-state index is 9.53. The largest absolute Gasteiger partial charge is 1.00 e. The number of nitrogens with two attached hydrogens (primary N) is 2. The fourth-order valence-corrected chi connectivity index (χ4v) is 2.21. The molecule has 0 amide bonds. The fourth-order valence-electron chi connectivity index (χ4n) is 1.52. The van der Waals surface area contributed by atoms with Crippen molar-refractivity contribution >= 4 is 46.4 Å². The van der Waals surface area contributed by atoms with Crippen LogP contribution in [-0.4, -0.2) is 23.2 Å². The van der Waals surface area contributed by atoms with E-state index in [1.807, 2.05) is 6.92 Å². The van der Waals surface area contributed by atoms with Gasteiger partial charge >= 0.3 is 29.6 Å². The van der Waals surface area contributed by atoms with Crippen LogP contribution in [0.1, 0.15) is 39.5 Å². The van der Waals surface area contributed by atoms with E-state index in [4.69, 9.17) is 51.0 Å². The van der Waals surface area contributed by atoms with E-state index < -0.39 is 0 Å². The van der Waals surface area contributed by atoms with E-state index in [0.29, 0.717) is 39.3 Å². The zero-order valence-corrected chi connectivity index (χ0v) is 20.8. The Morgan fingerprint density at radius 2 is 1.43 bits per heavy atom. The molecule has 28 heavy (non-hydrogen) atoms. The van der Waals surface area contributed by atoms with Crippen molar-refractivity contribution in [2.24, 2.45) is 0 Å². The summed E-state index contributed by atoms with van der Waals surface area (Å²) in [4.78, 5) is 7.67. The van der Waals surface area contributed by atoms with Crippen LogP contribution < -0.4 is 50.9 Å². The molecular weight excluding hydrogens is 434 g/mol. The second-order valence-corrected chi connectivity index (χ2v) is 6.60.